The third-order valence-electron chi connectivity index (χ3n) is 2.02. The molecular formula is C9H14N4O3S. The van der Waals surface area contributed by atoms with Crippen molar-refractivity contribution in [3.8, 4) is 0 Å². The van der Waals surface area contributed by atoms with E-state index in [-0.39, 0.29) is 12.5 Å². The molecule has 8 heteroatoms. The van der Waals surface area contributed by atoms with Gasteiger partial charge in [-0.05, 0) is 18.4 Å². The van der Waals surface area contributed by atoms with Crippen molar-refractivity contribution in [1.29, 1.82) is 0 Å². The Kier molecular flexibility index (Phi) is 5.47. The third-order valence-corrected chi connectivity index (χ3v) is 2.66. The first-order chi connectivity index (χ1) is 8.13. The predicted molar refractivity (Wildman–Crippen MR) is 62.6 cm³/mol. The number of rotatable bonds is 7. The molecule has 0 fully saturated rings. The average molecular weight is 258 g/mol. The van der Waals surface area contributed by atoms with Gasteiger partial charge in [0.05, 0.1) is 0 Å². The van der Waals surface area contributed by atoms with Crippen LogP contribution in [0.5, 0.6) is 0 Å². The summed E-state index contributed by atoms with van der Waals surface area (Å²) in [5.74, 6) is -0.726. The summed E-state index contributed by atoms with van der Waals surface area (Å²) in [6.45, 7) is -0.0248. The van der Waals surface area contributed by atoms with E-state index in [0.29, 0.717) is 12.2 Å². The molecule has 0 aromatic carbocycles. The number of hydrogen-bond donors (Lipinski definition) is 2. The fraction of sp³-hybridized carbons (Fsp3) is 0.556. The lowest BCUT2D eigenvalue weighted by Gasteiger charge is -2.13. The number of aliphatic carboxylic acids is 1. The van der Waals surface area contributed by atoms with Crippen LogP contribution in [0.2, 0.25) is 0 Å². The summed E-state index contributed by atoms with van der Waals surface area (Å²) < 4.78 is 1.34. The standard InChI is InChI=1S/C9H14N4O3S/c1-17-3-2-7(9(15)16)12-8(14)4-13-6-10-5-11-13/h5-7H,2-4H2,1H3,(H,12,14)(H,15,16)/t7-/m1/s1. The number of nitrogens with one attached hydrogen (secondary N) is 1. The van der Waals surface area contributed by atoms with E-state index in [0.717, 1.165) is 0 Å². The highest BCUT2D eigenvalue weighted by molar-refractivity contribution is 7.98. The van der Waals surface area contributed by atoms with Gasteiger partial charge in [0.1, 0.15) is 25.2 Å². The van der Waals surface area contributed by atoms with Gasteiger partial charge in [-0.3, -0.25) is 4.79 Å². The number of nitrogens with zero attached hydrogens (tertiary/aromatic N) is 3. The summed E-state index contributed by atoms with van der Waals surface area (Å²) in [5, 5.41) is 15.1. The molecule has 1 heterocycles. The summed E-state index contributed by atoms with van der Waals surface area (Å²) in [5.41, 5.74) is 0. The van der Waals surface area contributed by atoms with Crippen molar-refractivity contribution >= 4 is 23.6 Å². The van der Waals surface area contributed by atoms with E-state index in [2.05, 4.69) is 15.4 Å². The molecule has 7 nitrogen and oxygen atoms in total. The van der Waals surface area contributed by atoms with E-state index in [1.165, 1.54) is 29.1 Å². The minimum absolute atomic E-state index is 0.0248. The van der Waals surface area contributed by atoms with Crippen LogP contribution >= 0.6 is 11.8 Å². The van der Waals surface area contributed by atoms with Gasteiger partial charge in [-0.1, -0.05) is 0 Å². The molecule has 2 N–H and O–H groups in total. The molecule has 0 aliphatic heterocycles. The van der Waals surface area contributed by atoms with E-state index < -0.39 is 12.0 Å². The maximum absolute atomic E-state index is 11.5. The topological polar surface area (TPSA) is 97.1 Å². The Labute approximate surface area is 103 Å². The van der Waals surface area contributed by atoms with Crippen LogP contribution < -0.4 is 5.32 Å². The maximum atomic E-state index is 11.5. The number of amides is 1. The molecular weight excluding hydrogens is 244 g/mol. The molecule has 0 saturated heterocycles. The average Bonchev–Trinajstić information content (AvgIpc) is 2.76. The Morgan fingerprint density at radius 2 is 2.35 bits per heavy atom. The Balaban J connectivity index is 2.43. The second kappa shape index (κ2) is 6.89. The maximum Gasteiger partial charge on any atom is 0.326 e. The summed E-state index contributed by atoms with van der Waals surface area (Å²) in [4.78, 5) is 26.1. The van der Waals surface area contributed by atoms with Crippen molar-refractivity contribution in [3.05, 3.63) is 12.7 Å². The summed E-state index contributed by atoms with van der Waals surface area (Å²) in [7, 11) is 0. The monoisotopic (exact) mass is 258 g/mol. The van der Waals surface area contributed by atoms with Crippen molar-refractivity contribution in [1.82, 2.24) is 20.1 Å². The van der Waals surface area contributed by atoms with E-state index >= 15 is 0 Å². The van der Waals surface area contributed by atoms with Gasteiger partial charge in [-0.15, -0.1) is 0 Å². The normalized spacial score (nSPS) is 12.1. The molecule has 0 aliphatic carbocycles. The molecule has 1 aromatic heterocycles. The van der Waals surface area contributed by atoms with Crippen LogP contribution in [0.3, 0.4) is 0 Å². The SMILES string of the molecule is CSCC[C@@H](NC(=O)Cn1cncn1)C(=O)O. The van der Waals surface area contributed by atoms with Gasteiger partial charge in [-0.2, -0.15) is 16.9 Å². The van der Waals surface area contributed by atoms with Crippen LogP contribution in [0.15, 0.2) is 12.7 Å². The van der Waals surface area contributed by atoms with Crippen molar-refractivity contribution in [3.63, 3.8) is 0 Å². The van der Waals surface area contributed by atoms with Gasteiger partial charge in [0.15, 0.2) is 0 Å². The van der Waals surface area contributed by atoms with E-state index in [1.54, 1.807) is 0 Å². The fourth-order valence-corrected chi connectivity index (χ4v) is 1.67. The zero-order valence-electron chi connectivity index (χ0n) is 9.37. The van der Waals surface area contributed by atoms with Gasteiger partial charge < -0.3 is 10.4 Å². The molecule has 1 atom stereocenters. The lowest BCUT2D eigenvalue weighted by molar-refractivity contribution is -0.142. The summed E-state index contributed by atoms with van der Waals surface area (Å²) in [6, 6.07) is -0.849. The van der Waals surface area contributed by atoms with Crippen LogP contribution in [0.4, 0.5) is 0 Å². The molecule has 94 valence electrons. The van der Waals surface area contributed by atoms with Crippen molar-refractivity contribution in [2.75, 3.05) is 12.0 Å². The molecule has 0 unspecified atom stereocenters. The molecule has 1 aromatic rings. The Morgan fingerprint density at radius 3 is 2.88 bits per heavy atom. The Bertz CT molecular complexity index is 368. The quantitative estimate of drug-likeness (QED) is 0.690. The van der Waals surface area contributed by atoms with Crippen molar-refractivity contribution in [2.24, 2.45) is 0 Å². The van der Waals surface area contributed by atoms with Gasteiger partial charge in [-0.25, -0.2) is 14.5 Å². The lowest BCUT2D eigenvalue weighted by Crippen LogP contribution is -2.42. The number of carbonyl (C=O) groups excluding carboxylic acids is 1. The van der Waals surface area contributed by atoms with Crippen LogP contribution in [-0.2, 0) is 16.1 Å². The Hall–Kier alpha value is -1.57. The second-order valence-electron chi connectivity index (χ2n) is 3.33. The van der Waals surface area contributed by atoms with Crippen LogP contribution in [0.1, 0.15) is 6.42 Å². The highest BCUT2D eigenvalue weighted by atomic mass is 32.2. The minimum Gasteiger partial charge on any atom is -0.480 e. The first-order valence-corrected chi connectivity index (χ1v) is 6.36. The highest BCUT2D eigenvalue weighted by Crippen LogP contribution is 2.01. The smallest absolute Gasteiger partial charge is 0.326 e. The molecule has 1 amide bonds. The highest BCUT2D eigenvalue weighted by Gasteiger charge is 2.19. The van der Waals surface area contributed by atoms with Crippen molar-refractivity contribution in [2.45, 2.75) is 19.0 Å². The second-order valence-corrected chi connectivity index (χ2v) is 4.32. The first-order valence-electron chi connectivity index (χ1n) is 4.97. The van der Waals surface area contributed by atoms with Gasteiger partial charge in [0.2, 0.25) is 5.91 Å². The molecule has 0 radical (unpaired) electrons. The lowest BCUT2D eigenvalue weighted by atomic mass is 10.2. The van der Waals surface area contributed by atoms with Crippen LogP contribution in [0, 0.1) is 0 Å². The summed E-state index contributed by atoms with van der Waals surface area (Å²) in [6.07, 6.45) is 5.00. The third kappa shape index (κ3) is 4.85. The molecule has 1 rings (SSSR count). The fourth-order valence-electron chi connectivity index (χ4n) is 1.19. The van der Waals surface area contributed by atoms with Crippen molar-refractivity contribution < 1.29 is 14.7 Å². The number of carboxylic acids is 1. The number of hydrogen-bond acceptors (Lipinski definition) is 5. The number of carboxylic acid groups (broad SMARTS) is 1. The van der Waals surface area contributed by atoms with Gasteiger partial charge in [0, 0.05) is 0 Å². The zero-order chi connectivity index (χ0) is 12.7. The first kappa shape index (κ1) is 13.5. The number of thioether (sulfide) groups is 1. The van der Waals surface area contributed by atoms with E-state index in [1.807, 2.05) is 6.26 Å². The molecule has 0 bridgehead atoms. The van der Waals surface area contributed by atoms with E-state index in [4.69, 9.17) is 5.11 Å². The number of carbonyl (C=O) groups is 2. The predicted octanol–water partition coefficient (Wildman–Crippen LogP) is -0.399. The van der Waals surface area contributed by atoms with Crippen LogP contribution in [-0.4, -0.2) is 49.8 Å². The zero-order valence-corrected chi connectivity index (χ0v) is 10.2. The van der Waals surface area contributed by atoms with Gasteiger partial charge in [0.25, 0.3) is 0 Å². The molecule has 17 heavy (non-hydrogen) atoms. The number of aromatic nitrogens is 3. The summed E-state index contributed by atoms with van der Waals surface area (Å²) >= 11 is 1.54. The van der Waals surface area contributed by atoms with E-state index in [9.17, 15) is 9.59 Å². The molecule has 0 aliphatic rings. The minimum atomic E-state index is -1.02. The van der Waals surface area contributed by atoms with Gasteiger partial charge >= 0.3 is 5.97 Å². The largest absolute Gasteiger partial charge is 0.480 e. The Morgan fingerprint density at radius 1 is 1.59 bits per heavy atom. The molecule has 0 spiro atoms. The van der Waals surface area contributed by atoms with Crippen LogP contribution in [0.25, 0.3) is 0 Å². The molecule has 0 saturated carbocycles.